The van der Waals surface area contributed by atoms with Crippen LogP contribution in [0.1, 0.15) is 6.92 Å². The highest BCUT2D eigenvalue weighted by atomic mass is 35.5. The molecule has 1 fully saturated rings. The quantitative estimate of drug-likeness (QED) is 0.858. The van der Waals surface area contributed by atoms with Crippen molar-refractivity contribution in [3.05, 3.63) is 28.2 Å². The van der Waals surface area contributed by atoms with Crippen LogP contribution in [0, 0.1) is 0 Å². The van der Waals surface area contributed by atoms with Crippen molar-refractivity contribution in [1.29, 1.82) is 0 Å². The Kier molecular flexibility index (Phi) is 6.86. The molecule has 6 nitrogen and oxygen atoms in total. The van der Waals surface area contributed by atoms with E-state index in [-0.39, 0.29) is 18.4 Å². The van der Waals surface area contributed by atoms with Crippen molar-refractivity contribution in [2.75, 3.05) is 45.2 Å². The maximum absolute atomic E-state index is 12.4. The highest BCUT2D eigenvalue weighted by Crippen LogP contribution is 2.25. The van der Waals surface area contributed by atoms with Gasteiger partial charge in [0, 0.05) is 18.1 Å². The number of carbonyl (C=O) groups is 2. The van der Waals surface area contributed by atoms with Crippen LogP contribution >= 0.6 is 23.2 Å². The summed E-state index contributed by atoms with van der Waals surface area (Å²) in [5.41, 5.74) is 0.492. The van der Waals surface area contributed by atoms with E-state index in [1.165, 1.54) is 0 Å². The molecule has 1 heterocycles. The second-order valence-electron chi connectivity index (χ2n) is 5.70. The average Bonchev–Trinajstić information content (AvgIpc) is 2.57. The van der Waals surface area contributed by atoms with Crippen LogP contribution in [0.3, 0.4) is 0 Å². The van der Waals surface area contributed by atoms with E-state index in [2.05, 4.69) is 5.32 Å². The third kappa shape index (κ3) is 5.08. The molecule has 0 unspecified atom stereocenters. The van der Waals surface area contributed by atoms with Gasteiger partial charge in [-0.05, 0) is 32.2 Å². The fraction of sp³-hybridized carbons (Fsp3) is 0.500. The summed E-state index contributed by atoms with van der Waals surface area (Å²) in [6.07, 6.45) is 0. The van der Waals surface area contributed by atoms with E-state index in [9.17, 15) is 9.59 Å². The van der Waals surface area contributed by atoms with E-state index in [1.54, 1.807) is 42.0 Å². The number of nitrogens with one attached hydrogen (secondary N) is 1. The van der Waals surface area contributed by atoms with Crippen LogP contribution in [0.2, 0.25) is 10.0 Å². The first kappa shape index (κ1) is 19.0. The summed E-state index contributed by atoms with van der Waals surface area (Å²) in [7, 11) is 1.74. The standard InChI is InChI=1S/C16H21Cl2N3O3/c1-11(16(23)19-14-4-3-12(17)9-13(14)18)20(2)10-15(22)21-5-7-24-8-6-21/h3-4,9,11H,5-8,10H2,1-2H3,(H,19,23)/t11-/m0/s1. The number of likely N-dealkylation sites (N-methyl/N-ethyl adjacent to an activating group) is 1. The molecule has 1 N–H and O–H groups in total. The predicted octanol–water partition coefficient (Wildman–Crippen LogP) is 2.11. The number of amides is 2. The van der Waals surface area contributed by atoms with Gasteiger partial charge in [0.05, 0.1) is 36.5 Å². The van der Waals surface area contributed by atoms with E-state index >= 15 is 0 Å². The average molecular weight is 374 g/mol. The topological polar surface area (TPSA) is 61.9 Å². The van der Waals surface area contributed by atoms with Gasteiger partial charge in [-0.3, -0.25) is 14.5 Å². The van der Waals surface area contributed by atoms with Gasteiger partial charge in [-0.15, -0.1) is 0 Å². The number of morpholine rings is 1. The Bertz CT molecular complexity index is 606. The zero-order valence-corrected chi connectivity index (χ0v) is 15.2. The highest BCUT2D eigenvalue weighted by molar-refractivity contribution is 6.36. The minimum absolute atomic E-state index is 0.00928. The molecular formula is C16H21Cl2N3O3. The SMILES string of the molecule is C[C@@H](C(=O)Nc1ccc(Cl)cc1Cl)N(C)CC(=O)N1CCOCC1. The molecule has 0 saturated carbocycles. The summed E-state index contributed by atoms with van der Waals surface area (Å²) in [6, 6.07) is 4.38. The number of hydrogen-bond donors (Lipinski definition) is 1. The molecule has 8 heteroatoms. The zero-order valence-electron chi connectivity index (χ0n) is 13.7. The number of nitrogens with zero attached hydrogens (tertiary/aromatic N) is 2. The molecule has 0 spiro atoms. The zero-order chi connectivity index (χ0) is 17.7. The van der Waals surface area contributed by atoms with Crippen LogP contribution in [0.15, 0.2) is 18.2 Å². The van der Waals surface area contributed by atoms with Gasteiger partial charge in [0.25, 0.3) is 0 Å². The van der Waals surface area contributed by atoms with Crippen molar-refractivity contribution in [2.24, 2.45) is 0 Å². The normalized spacial score (nSPS) is 16.1. The molecule has 1 aromatic carbocycles. The van der Waals surface area contributed by atoms with Gasteiger partial charge in [-0.1, -0.05) is 23.2 Å². The van der Waals surface area contributed by atoms with Crippen molar-refractivity contribution in [3.8, 4) is 0 Å². The lowest BCUT2D eigenvalue weighted by molar-refractivity contribution is -0.137. The third-order valence-electron chi connectivity index (χ3n) is 3.98. The van der Waals surface area contributed by atoms with Crippen molar-refractivity contribution in [3.63, 3.8) is 0 Å². The number of carbonyl (C=O) groups excluding carboxylic acids is 2. The van der Waals surface area contributed by atoms with Gasteiger partial charge in [0.15, 0.2) is 0 Å². The number of hydrogen-bond acceptors (Lipinski definition) is 4. The molecule has 1 aliphatic heterocycles. The lowest BCUT2D eigenvalue weighted by atomic mass is 10.2. The van der Waals surface area contributed by atoms with Crippen molar-refractivity contribution in [1.82, 2.24) is 9.80 Å². The van der Waals surface area contributed by atoms with Gasteiger partial charge in [0.2, 0.25) is 11.8 Å². The maximum Gasteiger partial charge on any atom is 0.241 e. The lowest BCUT2D eigenvalue weighted by Gasteiger charge is -2.30. The Hall–Kier alpha value is -1.34. The number of anilines is 1. The maximum atomic E-state index is 12.4. The molecule has 2 amide bonds. The van der Waals surface area contributed by atoms with Crippen molar-refractivity contribution >= 4 is 40.7 Å². The number of rotatable bonds is 5. The van der Waals surface area contributed by atoms with E-state index in [0.717, 1.165) is 0 Å². The molecule has 1 atom stereocenters. The van der Waals surface area contributed by atoms with E-state index in [1.807, 2.05) is 0 Å². The molecule has 0 bridgehead atoms. The van der Waals surface area contributed by atoms with Gasteiger partial charge in [-0.25, -0.2) is 0 Å². The fourth-order valence-corrected chi connectivity index (χ4v) is 2.75. The minimum atomic E-state index is -0.485. The van der Waals surface area contributed by atoms with Crippen LogP contribution in [0.5, 0.6) is 0 Å². The Morgan fingerprint density at radius 1 is 1.33 bits per heavy atom. The first-order valence-corrected chi connectivity index (χ1v) is 8.45. The second kappa shape index (κ2) is 8.67. The summed E-state index contributed by atoms with van der Waals surface area (Å²) in [4.78, 5) is 28.1. The first-order chi connectivity index (χ1) is 11.4. The molecule has 2 rings (SSSR count). The summed E-state index contributed by atoms with van der Waals surface area (Å²) in [5, 5.41) is 3.62. The second-order valence-corrected chi connectivity index (χ2v) is 6.54. The van der Waals surface area contributed by atoms with Crippen LogP contribution in [-0.2, 0) is 14.3 Å². The van der Waals surface area contributed by atoms with Crippen LogP contribution < -0.4 is 5.32 Å². The summed E-state index contributed by atoms with van der Waals surface area (Å²) in [6.45, 7) is 4.21. The predicted molar refractivity (Wildman–Crippen MR) is 94.6 cm³/mol. The molecule has 132 valence electrons. The van der Waals surface area contributed by atoms with Gasteiger partial charge in [-0.2, -0.15) is 0 Å². The van der Waals surface area contributed by atoms with Crippen LogP contribution in [0.4, 0.5) is 5.69 Å². The van der Waals surface area contributed by atoms with E-state index < -0.39 is 6.04 Å². The number of halogens is 2. The van der Waals surface area contributed by atoms with Crippen LogP contribution in [-0.4, -0.2) is 67.6 Å². The molecule has 0 radical (unpaired) electrons. The molecule has 0 aromatic heterocycles. The number of ether oxygens (including phenoxy) is 1. The van der Waals surface area contributed by atoms with Gasteiger partial charge in [0.1, 0.15) is 0 Å². The lowest BCUT2D eigenvalue weighted by Crippen LogP contribution is -2.48. The van der Waals surface area contributed by atoms with Gasteiger partial charge < -0.3 is 15.0 Å². The Balaban J connectivity index is 1.90. The Morgan fingerprint density at radius 3 is 2.62 bits per heavy atom. The van der Waals surface area contributed by atoms with Crippen molar-refractivity contribution in [2.45, 2.75) is 13.0 Å². The third-order valence-corrected chi connectivity index (χ3v) is 4.53. The summed E-state index contributed by atoms with van der Waals surface area (Å²) >= 11 is 11.9. The molecule has 24 heavy (non-hydrogen) atoms. The van der Waals surface area contributed by atoms with Crippen LogP contribution in [0.25, 0.3) is 0 Å². The fourth-order valence-electron chi connectivity index (χ4n) is 2.29. The minimum Gasteiger partial charge on any atom is -0.378 e. The molecular weight excluding hydrogens is 353 g/mol. The van der Waals surface area contributed by atoms with Gasteiger partial charge >= 0.3 is 0 Å². The molecule has 0 aliphatic carbocycles. The van der Waals surface area contributed by atoms with E-state index in [4.69, 9.17) is 27.9 Å². The Labute approximate surface area is 151 Å². The molecule has 1 aromatic rings. The first-order valence-electron chi connectivity index (χ1n) is 7.70. The molecule has 1 saturated heterocycles. The van der Waals surface area contributed by atoms with E-state index in [0.29, 0.717) is 42.0 Å². The Morgan fingerprint density at radius 2 is 2.00 bits per heavy atom. The number of benzene rings is 1. The summed E-state index contributed by atoms with van der Waals surface area (Å²) < 4.78 is 5.23. The monoisotopic (exact) mass is 373 g/mol. The highest BCUT2D eigenvalue weighted by Gasteiger charge is 2.24. The summed E-state index contributed by atoms with van der Waals surface area (Å²) in [5.74, 6) is -0.249. The smallest absolute Gasteiger partial charge is 0.241 e. The van der Waals surface area contributed by atoms with Crippen molar-refractivity contribution < 1.29 is 14.3 Å². The molecule has 1 aliphatic rings. The largest absolute Gasteiger partial charge is 0.378 e.